The fraction of sp³-hybridized carbons (Fsp3) is 0.0333. The summed E-state index contributed by atoms with van der Waals surface area (Å²) >= 11 is 0. The first-order valence-electron chi connectivity index (χ1n) is 22.0. The number of fused-ring (bicyclic) bond motifs is 6. The molecular weight excluding hydrogens is 779 g/mol. The van der Waals surface area contributed by atoms with Crippen LogP contribution in [0.5, 0.6) is 0 Å². The molecule has 10 aromatic carbocycles. The predicted molar refractivity (Wildman–Crippen MR) is 268 cm³/mol. The Balaban J connectivity index is 1.09. The molecule has 64 heavy (non-hydrogen) atoms. The van der Waals surface area contributed by atoms with E-state index in [-0.39, 0.29) is 5.56 Å². The lowest BCUT2D eigenvalue weighted by Gasteiger charge is -2.20. The molecule has 0 N–H and O–H groups in total. The van der Waals surface area contributed by atoms with Gasteiger partial charge < -0.3 is 0 Å². The number of nitrogens with zero attached hydrogens (tertiary/aromatic N) is 3. The molecule has 0 saturated carbocycles. The van der Waals surface area contributed by atoms with Crippen LogP contribution in [0.4, 0.5) is 0 Å². The number of aromatic nitrogens is 3. The zero-order valence-corrected chi connectivity index (χ0v) is 35.2. The van der Waals surface area contributed by atoms with Crippen LogP contribution in [0.1, 0.15) is 12.7 Å². The van der Waals surface area contributed by atoms with Crippen LogP contribution in [0.25, 0.3) is 110 Å². The minimum Gasteiger partial charge on any atom is -0.296 e. The van der Waals surface area contributed by atoms with Crippen molar-refractivity contribution in [1.29, 1.82) is 0 Å². The van der Waals surface area contributed by atoms with E-state index in [4.69, 9.17) is 4.98 Å². The largest absolute Gasteiger partial charge is 0.296 e. The molecule has 0 saturated heterocycles. The Kier molecular flexibility index (Phi) is 8.91. The Morgan fingerprint density at radius 2 is 0.844 bits per heavy atom. The lowest BCUT2D eigenvalue weighted by atomic mass is 9.84. The van der Waals surface area contributed by atoms with Gasteiger partial charge in [0.1, 0.15) is 5.82 Å². The summed E-state index contributed by atoms with van der Waals surface area (Å²) in [4.78, 5) is 19.1. The first kappa shape index (κ1) is 37.4. The van der Waals surface area contributed by atoms with Crippen molar-refractivity contribution >= 4 is 54.3 Å². The quantitative estimate of drug-likeness (QED) is 0.119. The molecule has 12 rings (SSSR count). The van der Waals surface area contributed by atoms with Gasteiger partial charge in [0.15, 0.2) is 0 Å². The summed E-state index contributed by atoms with van der Waals surface area (Å²) in [6.45, 7) is 2.17. The second-order valence-corrected chi connectivity index (χ2v) is 16.5. The average molecular weight is 820 g/mol. The monoisotopic (exact) mass is 819 g/mol. The molecule has 2 aromatic heterocycles. The molecule has 0 radical (unpaired) electrons. The summed E-state index contributed by atoms with van der Waals surface area (Å²) in [6.07, 6.45) is 0.831. The van der Waals surface area contributed by atoms with Gasteiger partial charge in [0.2, 0.25) is 0 Å². The maximum atomic E-state index is 14.1. The smallest absolute Gasteiger partial charge is 0.263 e. The van der Waals surface area contributed by atoms with Crippen molar-refractivity contribution in [3.8, 4) is 55.9 Å². The van der Waals surface area contributed by atoms with Crippen molar-refractivity contribution in [3.05, 3.63) is 235 Å². The minimum atomic E-state index is -0.0215. The van der Waals surface area contributed by atoms with Crippen LogP contribution in [0.2, 0.25) is 0 Å². The topological polar surface area (TPSA) is 39.8 Å². The van der Waals surface area contributed by atoms with Crippen molar-refractivity contribution in [1.82, 2.24) is 14.1 Å². The molecule has 0 aliphatic carbocycles. The van der Waals surface area contributed by atoms with E-state index in [9.17, 15) is 4.79 Å². The highest BCUT2D eigenvalue weighted by molar-refractivity contribution is 6.22. The number of benzene rings is 10. The van der Waals surface area contributed by atoms with Crippen LogP contribution in [0.3, 0.4) is 0 Å². The van der Waals surface area contributed by atoms with Crippen LogP contribution in [0.15, 0.2) is 223 Å². The molecule has 0 aliphatic rings. The number of hydrogen-bond acceptors (Lipinski definition) is 2. The third kappa shape index (κ3) is 6.06. The molecular formula is C60H41N3O. The molecule has 4 nitrogen and oxygen atoms in total. The lowest BCUT2D eigenvalue weighted by molar-refractivity contribution is 0.908. The molecule has 4 heteroatoms. The third-order valence-corrected chi connectivity index (χ3v) is 12.9. The van der Waals surface area contributed by atoms with Gasteiger partial charge in [-0.15, -0.1) is 0 Å². The van der Waals surface area contributed by atoms with Gasteiger partial charge in [0.05, 0.1) is 16.6 Å². The van der Waals surface area contributed by atoms with E-state index in [2.05, 4.69) is 181 Å². The maximum Gasteiger partial charge on any atom is 0.263 e. The predicted octanol–water partition coefficient (Wildman–Crippen LogP) is 15.0. The Bertz CT molecular complexity index is 3810. The molecule has 0 unspecified atom stereocenters. The zero-order valence-electron chi connectivity index (χ0n) is 35.2. The van der Waals surface area contributed by atoms with Gasteiger partial charge >= 0.3 is 0 Å². The van der Waals surface area contributed by atoms with E-state index in [1.165, 1.54) is 49.4 Å². The first-order valence-corrected chi connectivity index (χ1v) is 22.0. The lowest BCUT2D eigenvalue weighted by Crippen LogP contribution is -2.19. The second-order valence-electron chi connectivity index (χ2n) is 16.5. The Hall–Kier alpha value is -8.34. The average Bonchev–Trinajstić information content (AvgIpc) is 3.75. The molecule has 0 fully saturated rings. The van der Waals surface area contributed by atoms with Crippen LogP contribution in [-0.2, 0) is 6.42 Å². The molecule has 302 valence electrons. The third-order valence-electron chi connectivity index (χ3n) is 12.9. The number of hydrogen-bond donors (Lipinski definition) is 0. The standard InChI is InChI=1S/C60H41N3O/c1-2-57-61-54-23-13-14-24-56(54)62(57)46-33-29-42(30-34-46)59-49-21-11-10-20-48(49)58(41-27-25-40(26-28-41)39-15-5-3-6-16-39)50-35-31-43(38-53(50)59)44-32-36-55-52(37-44)47-19-9-12-22-51(47)60(64)63(55)45-17-7-4-8-18-45/h3-38H,2H2,1H3. The molecule has 12 aromatic rings. The van der Waals surface area contributed by atoms with Gasteiger partial charge in [-0.05, 0) is 132 Å². The second kappa shape index (κ2) is 15.2. The van der Waals surface area contributed by atoms with Gasteiger partial charge in [-0.3, -0.25) is 13.9 Å². The number of aryl methyl sites for hydroxylation is 1. The molecule has 0 amide bonds. The Morgan fingerprint density at radius 1 is 0.359 bits per heavy atom. The van der Waals surface area contributed by atoms with Crippen molar-refractivity contribution in [2.75, 3.05) is 0 Å². The summed E-state index contributed by atoms with van der Waals surface area (Å²) in [5.41, 5.74) is 14.2. The number of imidazole rings is 1. The fourth-order valence-electron chi connectivity index (χ4n) is 9.91. The fourth-order valence-corrected chi connectivity index (χ4v) is 9.91. The van der Waals surface area contributed by atoms with E-state index >= 15 is 0 Å². The number of rotatable bonds is 7. The maximum absolute atomic E-state index is 14.1. The Morgan fingerprint density at radius 3 is 1.55 bits per heavy atom. The van der Waals surface area contributed by atoms with E-state index in [0.717, 1.165) is 67.6 Å². The molecule has 0 bridgehead atoms. The van der Waals surface area contributed by atoms with Crippen molar-refractivity contribution < 1.29 is 0 Å². The van der Waals surface area contributed by atoms with Crippen LogP contribution in [0, 0.1) is 0 Å². The molecule has 0 aliphatic heterocycles. The Labute approximate surface area is 370 Å². The van der Waals surface area contributed by atoms with Crippen molar-refractivity contribution in [3.63, 3.8) is 0 Å². The van der Waals surface area contributed by atoms with Crippen LogP contribution in [-0.4, -0.2) is 14.1 Å². The van der Waals surface area contributed by atoms with Gasteiger partial charge in [0.25, 0.3) is 5.56 Å². The normalized spacial score (nSPS) is 11.6. The highest BCUT2D eigenvalue weighted by atomic mass is 16.1. The van der Waals surface area contributed by atoms with Crippen LogP contribution >= 0.6 is 0 Å². The van der Waals surface area contributed by atoms with Gasteiger partial charge in [0, 0.05) is 28.6 Å². The van der Waals surface area contributed by atoms with E-state index in [0.29, 0.717) is 5.39 Å². The number of para-hydroxylation sites is 3. The first-order chi connectivity index (χ1) is 31.6. The summed E-state index contributed by atoms with van der Waals surface area (Å²) < 4.78 is 4.14. The zero-order chi connectivity index (χ0) is 42.7. The summed E-state index contributed by atoms with van der Waals surface area (Å²) in [6, 6.07) is 77.3. The van der Waals surface area contributed by atoms with Crippen LogP contribution < -0.4 is 5.56 Å². The van der Waals surface area contributed by atoms with Crippen molar-refractivity contribution in [2.45, 2.75) is 13.3 Å². The SMILES string of the molecule is CCc1nc2ccccc2n1-c1ccc(-c2c3ccccc3c(-c3ccc(-c4ccccc4)cc3)c3ccc(-c4ccc5c(c4)c4ccccc4c(=O)n5-c4ccccc4)cc23)cc1. The summed E-state index contributed by atoms with van der Waals surface area (Å²) in [7, 11) is 0. The molecule has 2 heterocycles. The molecule has 0 atom stereocenters. The summed E-state index contributed by atoms with van der Waals surface area (Å²) in [5.74, 6) is 1.04. The van der Waals surface area contributed by atoms with Gasteiger partial charge in [-0.25, -0.2) is 4.98 Å². The number of pyridine rings is 1. The van der Waals surface area contributed by atoms with Gasteiger partial charge in [-0.1, -0.05) is 165 Å². The van der Waals surface area contributed by atoms with E-state index in [1.54, 1.807) is 0 Å². The van der Waals surface area contributed by atoms with Gasteiger partial charge in [-0.2, -0.15) is 0 Å². The van der Waals surface area contributed by atoms with Crippen molar-refractivity contribution in [2.24, 2.45) is 0 Å². The van der Waals surface area contributed by atoms with E-state index in [1.807, 2.05) is 53.1 Å². The highest BCUT2D eigenvalue weighted by Gasteiger charge is 2.20. The van der Waals surface area contributed by atoms with E-state index < -0.39 is 0 Å². The summed E-state index contributed by atoms with van der Waals surface area (Å²) in [5, 5.41) is 7.44. The molecule has 0 spiro atoms. The minimum absolute atomic E-state index is 0.0215. The highest BCUT2D eigenvalue weighted by Crippen LogP contribution is 2.46.